The molecule has 0 amide bonds. The van der Waals surface area contributed by atoms with Crippen LogP contribution in [0, 0.1) is 5.82 Å². The molecule has 1 aromatic carbocycles. The minimum atomic E-state index is -0.810. The molecule has 1 heterocycles. The molecule has 1 aromatic heterocycles. The van der Waals surface area contributed by atoms with E-state index in [9.17, 15) is 9.50 Å². The Balaban J connectivity index is 2.18. The lowest BCUT2D eigenvalue weighted by Gasteiger charge is -2.09. The molecule has 1 atom stereocenters. The smallest absolute Gasteiger partial charge is 0.198 e. The average Bonchev–Trinajstić information content (AvgIpc) is 2.62. The van der Waals surface area contributed by atoms with E-state index in [0.29, 0.717) is 15.6 Å². The van der Waals surface area contributed by atoms with Gasteiger partial charge in [0.15, 0.2) is 5.22 Å². The topological polar surface area (TPSA) is 33.4 Å². The summed E-state index contributed by atoms with van der Waals surface area (Å²) in [6.07, 6.45) is 0.868. The van der Waals surface area contributed by atoms with Crippen LogP contribution in [-0.2, 0) is 6.42 Å². The van der Waals surface area contributed by atoms with Crippen molar-refractivity contribution in [2.24, 2.45) is 0 Å². The van der Waals surface area contributed by atoms with Crippen molar-refractivity contribution in [3.05, 3.63) is 57.2 Å². The Kier molecular flexibility index (Phi) is 3.86. The maximum absolute atomic E-state index is 13.1. The van der Waals surface area contributed by atoms with Gasteiger partial charge in [0.2, 0.25) is 0 Å². The fourth-order valence-corrected chi connectivity index (χ4v) is 2.36. The van der Waals surface area contributed by atoms with Crippen LogP contribution in [0.2, 0.25) is 5.22 Å². The normalized spacial score (nSPS) is 12.7. The van der Waals surface area contributed by atoms with Crippen molar-refractivity contribution >= 4 is 27.5 Å². The van der Waals surface area contributed by atoms with E-state index in [-0.39, 0.29) is 17.5 Å². The fraction of sp³-hybridized carbons (Fsp3) is 0.167. The Labute approximate surface area is 111 Å². The van der Waals surface area contributed by atoms with E-state index in [2.05, 4.69) is 15.9 Å². The largest absolute Gasteiger partial charge is 0.453 e. The number of rotatable bonds is 3. The molecule has 0 aliphatic rings. The molecule has 0 saturated heterocycles. The standard InChI is InChI=1S/C12H9BrClFO2/c13-8-3-7(4-9(15)6-8)5-11(16)10-1-2-17-12(10)14/h1-4,6,11,16H,5H2. The van der Waals surface area contributed by atoms with Crippen LogP contribution < -0.4 is 0 Å². The Morgan fingerprint density at radius 1 is 1.41 bits per heavy atom. The molecule has 0 fully saturated rings. The van der Waals surface area contributed by atoms with Gasteiger partial charge in [-0.1, -0.05) is 15.9 Å². The van der Waals surface area contributed by atoms with E-state index < -0.39 is 6.10 Å². The van der Waals surface area contributed by atoms with Gasteiger partial charge in [-0.25, -0.2) is 4.39 Å². The second-order valence-electron chi connectivity index (χ2n) is 3.65. The second-order valence-corrected chi connectivity index (χ2v) is 4.91. The zero-order valence-electron chi connectivity index (χ0n) is 8.66. The summed E-state index contributed by atoms with van der Waals surface area (Å²) in [6.45, 7) is 0. The predicted octanol–water partition coefficient (Wildman–Crippen LogP) is 4.11. The van der Waals surface area contributed by atoms with Crippen molar-refractivity contribution in [1.29, 1.82) is 0 Å². The lowest BCUT2D eigenvalue weighted by molar-refractivity contribution is 0.177. The highest BCUT2D eigenvalue weighted by Gasteiger charge is 2.15. The number of aliphatic hydroxyl groups excluding tert-OH is 1. The third-order valence-electron chi connectivity index (χ3n) is 2.36. The van der Waals surface area contributed by atoms with E-state index in [1.54, 1.807) is 12.1 Å². The van der Waals surface area contributed by atoms with E-state index in [1.807, 2.05) is 0 Å². The summed E-state index contributed by atoms with van der Waals surface area (Å²) in [5, 5.41) is 10.1. The molecule has 0 radical (unpaired) electrons. The van der Waals surface area contributed by atoms with Gasteiger partial charge in [-0.15, -0.1) is 0 Å². The van der Waals surface area contributed by atoms with Crippen molar-refractivity contribution in [2.45, 2.75) is 12.5 Å². The van der Waals surface area contributed by atoms with Gasteiger partial charge in [0, 0.05) is 16.5 Å². The van der Waals surface area contributed by atoms with Crippen molar-refractivity contribution in [2.75, 3.05) is 0 Å². The highest BCUT2D eigenvalue weighted by Crippen LogP contribution is 2.27. The molecule has 0 bridgehead atoms. The van der Waals surface area contributed by atoms with Crippen molar-refractivity contribution < 1.29 is 13.9 Å². The molecule has 5 heteroatoms. The summed E-state index contributed by atoms with van der Waals surface area (Å²) >= 11 is 8.95. The average molecular weight is 320 g/mol. The van der Waals surface area contributed by atoms with Crippen molar-refractivity contribution in [1.82, 2.24) is 0 Å². The number of hydrogen-bond acceptors (Lipinski definition) is 2. The van der Waals surface area contributed by atoms with Gasteiger partial charge in [-0.3, -0.25) is 0 Å². The minimum Gasteiger partial charge on any atom is -0.453 e. The van der Waals surface area contributed by atoms with E-state index in [1.165, 1.54) is 18.4 Å². The molecule has 1 unspecified atom stereocenters. The summed E-state index contributed by atoms with van der Waals surface area (Å²) in [5.41, 5.74) is 1.19. The van der Waals surface area contributed by atoms with Gasteiger partial charge < -0.3 is 9.52 Å². The minimum absolute atomic E-state index is 0.160. The van der Waals surface area contributed by atoms with Gasteiger partial charge in [0.25, 0.3) is 0 Å². The van der Waals surface area contributed by atoms with Crippen LogP contribution in [0.5, 0.6) is 0 Å². The zero-order chi connectivity index (χ0) is 12.4. The molecule has 2 rings (SSSR count). The summed E-state index contributed by atoms with van der Waals surface area (Å²) in [5.74, 6) is -0.347. The lowest BCUT2D eigenvalue weighted by Crippen LogP contribution is -2.01. The van der Waals surface area contributed by atoms with Crippen LogP contribution in [0.1, 0.15) is 17.2 Å². The number of aliphatic hydroxyl groups is 1. The molecule has 2 nitrogen and oxygen atoms in total. The molecule has 0 saturated carbocycles. The third-order valence-corrected chi connectivity index (χ3v) is 3.12. The van der Waals surface area contributed by atoms with Crippen LogP contribution in [0.15, 0.2) is 39.4 Å². The fourth-order valence-electron chi connectivity index (χ4n) is 1.60. The maximum atomic E-state index is 13.1. The molecule has 17 heavy (non-hydrogen) atoms. The molecule has 90 valence electrons. The molecule has 0 aliphatic heterocycles. The van der Waals surface area contributed by atoms with Crippen LogP contribution in [0.3, 0.4) is 0 Å². The molecule has 2 aromatic rings. The molecular weight excluding hydrogens is 310 g/mol. The quantitative estimate of drug-likeness (QED) is 0.923. The summed E-state index contributed by atoms with van der Waals surface area (Å²) in [6, 6.07) is 6.09. The van der Waals surface area contributed by atoms with Crippen LogP contribution in [0.25, 0.3) is 0 Å². The first kappa shape index (κ1) is 12.6. The maximum Gasteiger partial charge on any atom is 0.198 e. The Morgan fingerprint density at radius 3 is 2.76 bits per heavy atom. The molecule has 0 aliphatic carbocycles. The second kappa shape index (κ2) is 5.21. The monoisotopic (exact) mass is 318 g/mol. The van der Waals surface area contributed by atoms with Crippen molar-refractivity contribution in [3.63, 3.8) is 0 Å². The van der Waals surface area contributed by atoms with Crippen LogP contribution in [-0.4, -0.2) is 5.11 Å². The first-order valence-electron chi connectivity index (χ1n) is 4.92. The highest BCUT2D eigenvalue weighted by atomic mass is 79.9. The van der Waals surface area contributed by atoms with Gasteiger partial charge in [0.1, 0.15) is 5.82 Å². The van der Waals surface area contributed by atoms with E-state index in [0.717, 1.165) is 0 Å². The van der Waals surface area contributed by atoms with Crippen molar-refractivity contribution in [3.8, 4) is 0 Å². The molecular formula is C12H9BrClFO2. The first-order valence-corrected chi connectivity index (χ1v) is 6.09. The molecule has 1 N–H and O–H groups in total. The zero-order valence-corrected chi connectivity index (χ0v) is 11.0. The first-order chi connectivity index (χ1) is 8.06. The van der Waals surface area contributed by atoms with Gasteiger partial charge >= 0.3 is 0 Å². The number of halogens is 3. The molecule has 0 spiro atoms. The number of benzene rings is 1. The number of hydrogen-bond donors (Lipinski definition) is 1. The summed E-state index contributed by atoms with van der Waals surface area (Å²) in [4.78, 5) is 0. The third kappa shape index (κ3) is 3.09. The summed E-state index contributed by atoms with van der Waals surface area (Å²) in [7, 11) is 0. The van der Waals surface area contributed by atoms with Gasteiger partial charge in [-0.05, 0) is 41.4 Å². The Hall–Kier alpha value is -0.840. The Bertz CT molecular complexity index is 507. The van der Waals surface area contributed by atoms with Gasteiger partial charge in [0.05, 0.1) is 12.4 Å². The SMILES string of the molecule is OC(Cc1cc(F)cc(Br)c1)c1ccoc1Cl. The van der Waals surface area contributed by atoms with E-state index >= 15 is 0 Å². The van der Waals surface area contributed by atoms with E-state index in [4.69, 9.17) is 16.0 Å². The highest BCUT2D eigenvalue weighted by molar-refractivity contribution is 9.10. The summed E-state index contributed by atoms with van der Waals surface area (Å²) < 4.78 is 18.7. The van der Waals surface area contributed by atoms with Crippen LogP contribution in [0.4, 0.5) is 4.39 Å². The predicted molar refractivity (Wildman–Crippen MR) is 66.5 cm³/mol. The lowest BCUT2D eigenvalue weighted by atomic mass is 10.0. The van der Waals surface area contributed by atoms with Crippen LogP contribution >= 0.6 is 27.5 Å². The number of furan rings is 1. The Morgan fingerprint density at radius 2 is 2.18 bits per heavy atom. The van der Waals surface area contributed by atoms with Gasteiger partial charge in [-0.2, -0.15) is 0 Å².